The van der Waals surface area contributed by atoms with E-state index in [4.69, 9.17) is 0 Å². The van der Waals surface area contributed by atoms with Crippen LogP contribution in [0.25, 0.3) is 0 Å². The number of hydrogen-bond acceptors (Lipinski definition) is 1. The molecule has 1 rings (SSSR count). The summed E-state index contributed by atoms with van der Waals surface area (Å²) >= 11 is 0. The first-order valence-corrected chi connectivity index (χ1v) is 3.21. The molecule has 0 fully saturated rings. The third kappa shape index (κ3) is 1.48. The fourth-order valence-corrected chi connectivity index (χ4v) is 0.817. The summed E-state index contributed by atoms with van der Waals surface area (Å²) in [6.07, 6.45) is 0. The van der Waals surface area contributed by atoms with Crippen LogP contribution < -0.4 is 5.32 Å². The van der Waals surface area contributed by atoms with Crippen molar-refractivity contribution >= 4 is 5.69 Å². The number of nitrogens with one attached hydrogen (secondary N) is 1. The molecule has 0 bridgehead atoms. The van der Waals surface area contributed by atoms with Gasteiger partial charge in [-0.2, -0.15) is 0 Å². The van der Waals surface area contributed by atoms with Crippen LogP contribution in [0.4, 0.5) is 5.69 Å². The van der Waals surface area contributed by atoms with Crippen LogP contribution in [0.3, 0.4) is 0 Å². The molecule has 53 valence electrons. The van der Waals surface area contributed by atoms with Gasteiger partial charge in [-0.05, 0) is 17.7 Å². The van der Waals surface area contributed by atoms with Gasteiger partial charge in [-0.1, -0.05) is 12.1 Å². The highest BCUT2D eigenvalue weighted by atomic mass is 16.3. The van der Waals surface area contributed by atoms with Gasteiger partial charge in [0.1, 0.15) is 6.61 Å². The monoisotopic (exact) mass is 136 g/mol. The third-order valence-corrected chi connectivity index (χ3v) is 1.38. The molecule has 0 spiro atoms. The van der Waals surface area contributed by atoms with E-state index in [0.717, 1.165) is 11.3 Å². The van der Waals surface area contributed by atoms with Crippen molar-refractivity contribution in [3.63, 3.8) is 0 Å². The van der Waals surface area contributed by atoms with E-state index in [0.29, 0.717) is 0 Å². The van der Waals surface area contributed by atoms with Gasteiger partial charge < -0.3 is 5.32 Å². The molecule has 0 aliphatic rings. The minimum atomic E-state index is -0.143. The van der Waals surface area contributed by atoms with Gasteiger partial charge in [0.05, 0.1) is 0 Å². The van der Waals surface area contributed by atoms with E-state index in [-0.39, 0.29) is 6.61 Å². The van der Waals surface area contributed by atoms with Crippen molar-refractivity contribution in [1.29, 1.82) is 0 Å². The third-order valence-electron chi connectivity index (χ3n) is 1.38. The highest BCUT2D eigenvalue weighted by Crippen LogP contribution is 2.08. The number of rotatable bonds is 2. The molecule has 1 N–H and O–H groups in total. The molecule has 0 saturated carbocycles. The Morgan fingerprint density at radius 2 is 2.30 bits per heavy atom. The topological polar surface area (TPSA) is 31.9 Å². The predicted octanol–water partition coefficient (Wildman–Crippen LogP) is 1.66. The molecule has 2 heteroatoms. The smallest absolute Gasteiger partial charge is 0.107 e. The Bertz CT molecular complexity index is 191. The van der Waals surface area contributed by atoms with Crippen molar-refractivity contribution in [2.75, 3.05) is 12.4 Å². The SMILES string of the molecule is CNc1cccc(C[O])c1. The minimum Gasteiger partial charge on any atom is -0.388 e. The minimum absolute atomic E-state index is 0.143. The Hall–Kier alpha value is -1.02. The summed E-state index contributed by atoms with van der Waals surface area (Å²) in [5.41, 5.74) is 1.82. The molecule has 0 unspecified atom stereocenters. The van der Waals surface area contributed by atoms with Crippen LogP contribution in [0.1, 0.15) is 5.56 Å². The van der Waals surface area contributed by atoms with Crippen LogP contribution in [0, 0.1) is 0 Å². The Morgan fingerprint density at radius 1 is 1.50 bits per heavy atom. The summed E-state index contributed by atoms with van der Waals surface area (Å²) in [6.45, 7) is -0.143. The van der Waals surface area contributed by atoms with Crippen molar-refractivity contribution in [1.82, 2.24) is 0 Å². The molecule has 1 radical (unpaired) electrons. The Balaban J connectivity index is 2.87. The molecule has 10 heavy (non-hydrogen) atoms. The first kappa shape index (κ1) is 7.09. The molecule has 0 aromatic heterocycles. The zero-order chi connectivity index (χ0) is 7.40. The fourth-order valence-electron chi connectivity index (χ4n) is 0.817. The van der Waals surface area contributed by atoms with Crippen LogP contribution in [0.5, 0.6) is 0 Å². The average molecular weight is 136 g/mol. The van der Waals surface area contributed by atoms with Gasteiger partial charge in [-0.25, -0.2) is 5.11 Å². The first-order valence-electron chi connectivity index (χ1n) is 3.21. The molecule has 1 aromatic rings. The summed E-state index contributed by atoms with van der Waals surface area (Å²) in [7, 11) is 1.84. The normalized spacial score (nSPS) is 9.40. The molecule has 0 aliphatic heterocycles. The molecular weight excluding hydrogens is 126 g/mol. The lowest BCUT2D eigenvalue weighted by molar-refractivity contribution is 0.177. The van der Waals surface area contributed by atoms with Gasteiger partial charge in [-0.3, -0.25) is 0 Å². The lowest BCUT2D eigenvalue weighted by atomic mass is 10.2. The lowest BCUT2D eigenvalue weighted by Gasteiger charge is -1.99. The highest BCUT2D eigenvalue weighted by Gasteiger charge is 1.90. The largest absolute Gasteiger partial charge is 0.388 e. The highest BCUT2D eigenvalue weighted by molar-refractivity contribution is 5.44. The van der Waals surface area contributed by atoms with Gasteiger partial charge in [0.25, 0.3) is 0 Å². The summed E-state index contributed by atoms with van der Waals surface area (Å²) in [5, 5.41) is 13.3. The second-order valence-electron chi connectivity index (χ2n) is 2.09. The van der Waals surface area contributed by atoms with E-state index in [9.17, 15) is 5.11 Å². The fraction of sp³-hybridized carbons (Fsp3) is 0.250. The van der Waals surface area contributed by atoms with Gasteiger partial charge in [-0.15, -0.1) is 0 Å². The van der Waals surface area contributed by atoms with E-state index < -0.39 is 0 Å². The summed E-state index contributed by atoms with van der Waals surface area (Å²) in [6, 6.07) is 7.49. The summed E-state index contributed by atoms with van der Waals surface area (Å²) < 4.78 is 0. The number of anilines is 1. The first-order chi connectivity index (χ1) is 4.86. The molecule has 2 nitrogen and oxygen atoms in total. The molecule has 0 aliphatic carbocycles. The van der Waals surface area contributed by atoms with E-state index >= 15 is 0 Å². The van der Waals surface area contributed by atoms with Gasteiger partial charge in [0, 0.05) is 12.7 Å². The standard InChI is InChI=1S/C8H10NO/c1-9-8-4-2-3-7(5-8)6-10/h2-5,9H,6H2,1H3. The zero-order valence-electron chi connectivity index (χ0n) is 5.92. The van der Waals surface area contributed by atoms with E-state index in [1.54, 1.807) is 0 Å². The van der Waals surface area contributed by atoms with E-state index in [1.165, 1.54) is 0 Å². The average Bonchev–Trinajstić information content (AvgIpc) is 2.05. The number of benzene rings is 1. The quantitative estimate of drug-likeness (QED) is 0.658. The van der Waals surface area contributed by atoms with Crippen LogP contribution in [-0.2, 0) is 11.7 Å². The molecule has 0 amide bonds. The maximum atomic E-state index is 10.4. The lowest BCUT2D eigenvalue weighted by Crippen LogP contribution is -1.88. The predicted molar refractivity (Wildman–Crippen MR) is 40.4 cm³/mol. The zero-order valence-corrected chi connectivity index (χ0v) is 5.92. The summed E-state index contributed by atoms with van der Waals surface area (Å²) in [4.78, 5) is 0. The molecule has 0 saturated heterocycles. The van der Waals surface area contributed by atoms with E-state index in [1.807, 2.05) is 31.3 Å². The molecular formula is C8H10NO. The van der Waals surface area contributed by atoms with Crippen molar-refractivity contribution < 1.29 is 5.11 Å². The second kappa shape index (κ2) is 3.22. The summed E-state index contributed by atoms with van der Waals surface area (Å²) in [5.74, 6) is 0. The van der Waals surface area contributed by atoms with Crippen molar-refractivity contribution in [2.45, 2.75) is 6.61 Å². The Morgan fingerprint density at radius 3 is 2.90 bits per heavy atom. The Labute approximate surface area is 60.5 Å². The molecule has 0 atom stereocenters. The van der Waals surface area contributed by atoms with Crippen molar-refractivity contribution in [3.8, 4) is 0 Å². The van der Waals surface area contributed by atoms with Crippen LogP contribution >= 0.6 is 0 Å². The Kier molecular flexibility index (Phi) is 2.29. The second-order valence-corrected chi connectivity index (χ2v) is 2.09. The van der Waals surface area contributed by atoms with Gasteiger partial charge >= 0.3 is 0 Å². The number of hydrogen-bond donors (Lipinski definition) is 1. The van der Waals surface area contributed by atoms with Crippen LogP contribution in [0.2, 0.25) is 0 Å². The van der Waals surface area contributed by atoms with E-state index in [2.05, 4.69) is 5.32 Å². The molecule has 1 aromatic carbocycles. The maximum absolute atomic E-state index is 10.4. The van der Waals surface area contributed by atoms with Gasteiger partial charge in [0.2, 0.25) is 0 Å². The van der Waals surface area contributed by atoms with Gasteiger partial charge in [0.15, 0.2) is 0 Å². The van der Waals surface area contributed by atoms with Crippen LogP contribution in [-0.4, -0.2) is 7.05 Å². The van der Waals surface area contributed by atoms with Crippen LogP contribution in [0.15, 0.2) is 24.3 Å². The molecule has 0 heterocycles. The van der Waals surface area contributed by atoms with Crippen molar-refractivity contribution in [2.24, 2.45) is 0 Å². The van der Waals surface area contributed by atoms with Crippen molar-refractivity contribution in [3.05, 3.63) is 29.8 Å². The maximum Gasteiger partial charge on any atom is 0.107 e.